The van der Waals surface area contributed by atoms with Gasteiger partial charge in [-0.3, -0.25) is 13.9 Å². The van der Waals surface area contributed by atoms with Gasteiger partial charge in [0.2, 0.25) is 11.8 Å². The Hall–Kier alpha value is -3.92. The summed E-state index contributed by atoms with van der Waals surface area (Å²) < 4.78 is 47.0. The number of ether oxygens (including phenoxy) is 1. The van der Waals surface area contributed by atoms with Crippen LogP contribution in [0.2, 0.25) is 0 Å². The van der Waals surface area contributed by atoms with Crippen molar-refractivity contribution in [3.63, 3.8) is 0 Å². The standard InChI is InChI=1S/C28H32FN3O5S/c1-20(2)30-28(34)21(3)31(18-22-9-8-12-25(17-22)37-4)27(33)19-32(24-10-6-5-7-11-24)38(35,36)26-15-13-23(29)14-16-26/h5-17,20-21H,18-19H2,1-4H3,(H,30,34)/t21-/m1/s1. The molecule has 0 aliphatic rings. The van der Waals surface area contributed by atoms with E-state index in [0.717, 1.165) is 28.6 Å². The molecular formula is C28H32FN3O5S. The maximum Gasteiger partial charge on any atom is 0.264 e. The van der Waals surface area contributed by atoms with Gasteiger partial charge in [-0.15, -0.1) is 0 Å². The minimum atomic E-state index is -4.25. The van der Waals surface area contributed by atoms with Crippen molar-refractivity contribution in [3.8, 4) is 5.75 Å². The van der Waals surface area contributed by atoms with Crippen molar-refractivity contribution in [2.24, 2.45) is 0 Å². The molecule has 0 aliphatic carbocycles. The Balaban J connectivity index is 2.01. The van der Waals surface area contributed by atoms with Crippen LogP contribution in [0.5, 0.6) is 5.75 Å². The number of halogens is 1. The minimum Gasteiger partial charge on any atom is -0.497 e. The Morgan fingerprint density at radius 1 is 0.947 bits per heavy atom. The fourth-order valence-electron chi connectivity index (χ4n) is 3.81. The summed E-state index contributed by atoms with van der Waals surface area (Å²) >= 11 is 0. The number of hydrogen-bond acceptors (Lipinski definition) is 5. The van der Waals surface area contributed by atoms with E-state index in [1.54, 1.807) is 61.5 Å². The molecule has 8 nitrogen and oxygen atoms in total. The van der Waals surface area contributed by atoms with Gasteiger partial charge in [-0.1, -0.05) is 30.3 Å². The van der Waals surface area contributed by atoms with E-state index >= 15 is 0 Å². The van der Waals surface area contributed by atoms with Gasteiger partial charge in [0, 0.05) is 12.6 Å². The number of amides is 2. The van der Waals surface area contributed by atoms with Crippen molar-refractivity contribution in [3.05, 3.63) is 90.2 Å². The molecule has 2 amide bonds. The minimum absolute atomic E-state index is 0.0436. The van der Waals surface area contributed by atoms with Crippen molar-refractivity contribution in [1.82, 2.24) is 10.2 Å². The highest BCUT2D eigenvalue weighted by molar-refractivity contribution is 7.92. The lowest BCUT2D eigenvalue weighted by Crippen LogP contribution is -2.52. The molecule has 0 spiro atoms. The number of para-hydroxylation sites is 1. The zero-order chi connectivity index (χ0) is 27.9. The summed E-state index contributed by atoms with van der Waals surface area (Å²) in [6.07, 6.45) is 0. The maximum absolute atomic E-state index is 13.8. The molecule has 0 fully saturated rings. The molecule has 0 radical (unpaired) electrons. The molecular weight excluding hydrogens is 509 g/mol. The van der Waals surface area contributed by atoms with Gasteiger partial charge in [-0.2, -0.15) is 0 Å². The van der Waals surface area contributed by atoms with Crippen molar-refractivity contribution >= 4 is 27.5 Å². The van der Waals surface area contributed by atoms with Gasteiger partial charge in [0.1, 0.15) is 24.2 Å². The third-order valence-corrected chi connectivity index (χ3v) is 7.60. The van der Waals surface area contributed by atoms with E-state index in [1.165, 1.54) is 12.0 Å². The highest BCUT2D eigenvalue weighted by Crippen LogP contribution is 2.25. The molecule has 202 valence electrons. The van der Waals surface area contributed by atoms with Gasteiger partial charge in [0.25, 0.3) is 10.0 Å². The van der Waals surface area contributed by atoms with Gasteiger partial charge < -0.3 is 15.0 Å². The number of carbonyl (C=O) groups excluding carboxylic acids is 2. The number of benzene rings is 3. The molecule has 38 heavy (non-hydrogen) atoms. The first-order chi connectivity index (χ1) is 18.0. The second kappa shape index (κ2) is 12.6. The smallest absolute Gasteiger partial charge is 0.264 e. The van der Waals surface area contributed by atoms with E-state index in [-0.39, 0.29) is 29.1 Å². The van der Waals surface area contributed by atoms with Gasteiger partial charge in [0.05, 0.1) is 17.7 Å². The van der Waals surface area contributed by atoms with Gasteiger partial charge in [-0.05, 0) is 74.9 Å². The first kappa shape index (κ1) is 28.6. The molecule has 0 unspecified atom stereocenters. The molecule has 0 heterocycles. The number of sulfonamides is 1. The topological polar surface area (TPSA) is 96.0 Å². The largest absolute Gasteiger partial charge is 0.497 e. The van der Waals surface area contributed by atoms with Gasteiger partial charge in [0.15, 0.2) is 0 Å². The number of hydrogen-bond donors (Lipinski definition) is 1. The lowest BCUT2D eigenvalue weighted by atomic mass is 10.1. The predicted molar refractivity (Wildman–Crippen MR) is 144 cm³/mol. The molecule has 1 atom stereocenters. The average Bonchev–Trinajstić information content (AvgIpc) is 2.90. The highest BCUT2D eigenvalue weighted by Gasteiger charge is 2.32. The van der Waals surface area contributed by atoms with Crippen LogP contribution in [-0.4, -0.2) is 50.9 Å². The Morgan fingerprint density at radius 3 is 2.21 bits per heavy atom. The molecule has 0 bridgehead atoms. The first-order valence-corrected chi connectivity index (χ1v) is 13.5. The Morgan fingerprint density at radius 2 is 1.61 bits per heavy atom. The predicted octanol–water partition coefficient (Wildman–Crippen LogP) is 3.97. The van der Waals surface area contributed by atoms with E-state index in [0.29, 0.717) is 11.3 Å². The van der Waals surface area contributed by atoms with Crippen molar-refractivity contribution in [2.45, 2.75) is 44.3 Å². The molecule has 3 aromatic carbocycles. The number of nitrogens with zero attached hydrogens (tertiary/aromatic N) is 2. The zero-order valence-electron chi connectivity index (χ0n) is 21.8. The fraction of sp³-hybridized carbons (Fsp3) is 0.286. The third-order valence-electron chi connectivity index (χ3n) is 5.81. The first-order valence-electron chi connectivity index (χ1n) is 12.1. The Kier molecular flexibility index (Phi) is 9.46. The Bertz CT molecular complexity index is 1350. The summed E-state index contributed by atoms with van der Waals surface area (Å²) in [7, 11) is -2.72. The molecule has 10 heteroatoms. The van der Waals surface area contributed by atoms with Crippen LogP contribution >= 0.6 is 0 Å². The molecule has 3 aromatic rings. The van der Waals surface area contributed by atoms with E-state index in [9.17, 15) is 22.4 Å². The normalized spacial score (nSPS) is 12.1. The van der Waals surface area contributed by atoms with Crippen molar-refractivity contribution in [2.75, 3.05) is 18.0 Å². The van der Waals surface area contributed by atoms with E-state index in [2.05, 4.69) is 5.32 Å². The van der Waals surface area contributed by atoms with Crippen LogP contribution in [0.1, 0.15) is 26.3 Å². The van der Waals surface area contributed by atoms with Crippen molar-refractivity contribution in [1.29, 1.82) is 0 Å². The molecule has 0 saturated heterocycles. The summed E-state index contributed by atoms with van der Waals surface area (Å²) in [4.78, 5) is 27.9. The maximum atomic E-state index is 13.8. The molecule has 3 rings (SSSR count). The average molecular weight is 542 g/mol. The summed E-state index contributed by atoms with van der Waals surface area (Å²) in [5, 5.41) is 2.81. The lowest BCUT2D eigenvalue weighted by molar-refractivity contribution is -0.139. The van der Waals surface area contributed by atoms with E-state index in [1.807, 2.05) is 13.8 Å². The summed E-state index contributed by atoms with van der Waals surface area (Å²) in [5.74, 6) is -0.961. The zero-order valence-corrected chi connectivity index (χ0v) is 22.6. The van der Waals surface area contributed by atoms with E-state index in [4.69, 9.17) is 4.74 Å². The van der Waals surface area contributed by atoms with Gasteiger partial charge in [-0.25, -0.2) is 12.8 Å². The van der Waals surface area contributed by atoms with E-state index < -0.39 is 34.3 Å². The quantitative estimate of drug-likeness (QED) is 0.396. The summed E-state index contributed by atoms with van der Waals surface area (Å²) in [6.45, 7) is 4.68. The molecule has 0 aromatic heterocycles. The second-order valence-corrected chi connectivity index (χ2v) is 10.9. The number of anilines is 1. The van der Waals surface area contributed by atoms with Crippen LogP contribution in [0, 0.1) is 5.82 Å². The van der Waals surface area contributed by atoms with Gasteiger partial charge >= 0.3 is 0 Å². The monoisotopic (exact) mass is 541 g/mol. The SMILES string of the molecule is COc1cccc(CN(C(=O)CN(c2ccccc2)S(=O)(=O)c2ccc(F)cc2)[C@H](C)C(=O)NC(C)C)c1. The van der Waals surface area contributed by atoms with Crippen LogP contribution in [0.3, 0.4) is 0 Å². The second-order valence-electron chi connectivity index (χ2n) is 9.01. The van der Waals surface area contributed by atoms with Crippen LogP contribution in [0.4, 0.5) is 10.1 Å². The van der Waals surface area contributed by atoms with Crippen LogP contribution in [0.25, 0.3) is 0 Å². The van der Waals surface area contributed by atoms with Crippen LogP contribution in [0.15, 0.2) is 83.8 Å². The van der Waals surface area contributed by atoms with Crippen molar-refractivity contribution < 1.29 is 27.1 Å². The van der Waals surface area contributed by atoms with Crippen LogP contribution < -0.4 is 14.4 Å². The third kappa shape index (κ3) is 7.10. The molecule has 1 N–H and O–H groups in total. The molecule has 0 aliphatic heterocycles. The number of methoxy groups -OCH3 is 1. The highest BCUT2D eigenvalue weighted by atomic mass is 32.2. The molecule has 0 saturated carbocycles. The summed E-state index contributed by atoms with van der Waals surface area (Å²) in [5.41, 5.74) is 0.959. The number of rotatable bonds is 11. The fourth-order valence-corrected chi connectivity index (χ4v) is 5.23. The van der Waals surface area contributed by atoms with Crippen LogP contribution in [-0.2, 0) is 26.2 Å². The number of nitrogens with one attached hydrogen (secondary N) is 1. The lowest BCUT2D eigenvalue weighted by Gasteiger charge is -2.32. The Labute approximate surface area is 223 Å². The number of carbonyl (C=O) groups is 2. The summed E-state index contributed by atoms with van der Waals surface area (Å²) in [6, 6.07) is 18.6.